The van der Waals surface area contributed by atoms with Gasteiger partial charge in [0.05, 0.1) is 12.2 Å². The summed E-state index contributed by atoms with van der Waals surface area (Å²) in [5.41, 5.74) is 2.49. The molecule has 2 aromatic heterocycles. The molecule has 0 bridgehead atoms. The van der Waals surface area contributed by atoms with Gasteiger partial charge in [-0.05, 0) is 13.0 Å². The second-order valence-corrected chi connectivity index (χ2v) is 5.08. The van der Waals surface area contributed by atoms with Gasteiger partial charge in [-0.2, -0.15) is 10.1 Å². The van der Waals surface area contributed by atoms with Crippen LogP contribution in [0.1, 0.15) is 40.4 Å². The molecular formula is C13H18N6O2. The monoisotopic (exact) mass is 290 g/mol. The molecule has 2 N–H and O–H groups in total. The molecule has 3 rings (SSSR count). The van der Waals surface area contributed by atoms with Gasteiger partial charge in [-0.1, -0.05) is 12.1 Å². The summed E-state index contributed by atoms with van der Waals surface area (Å²) in [6.45, 7) is 3.84. The largest absolute Gasteiger partial charge is 0.339 e. The van der Waals surface area contributed by atoms with E-state index in [1.807, 2.05) is 6.92 Å². The Hall–Kier alpha value is -2.22. The Morgan fingerprint density at radius 3 is 3.10 bits per heavy atom. The van der Waals surface area contributed by atoms with Gasteiger partial charge < -0.3 is 14.7 Å². The van der Waals surface area contributed by atoms with E-state index >= 15 is 0 Å². The number of fused-ring (bicyclic) bond motifs is 1. The van der Waals surface area contributed by atoms with Gasteiger partial charge >= 0.3 is 0 Å². The summed E-state index contributed by atoms with van der Waals surface area (Å²) in [5.74, 6) is 0.958. The zero-order valence-corrected chi connectivity index (χ0v) is 12.1. The highest BCUT2D eigenvalue weighted by Gasteiger charge is 2.24. The van der Waals surface area contributed by atoms with Gasteiger partial charge in [0, 0.05) is 25.6 Å². The first kappa shape index (κ1) is 13.7. The fourth-order valence-electron chi connectivity index (χ4n) is 2.38. The molecule has 1 amide bonds. The number of hydrogen-bond donors (Lipinski definition) is 2. The highest BCUT2D eigenvalue weighted by Crippen LogP contribution is 2.17. The van der Waals surface area contributed by atoms with Crippen molar-refractivity contribution in [2.45, 2.75) is 32.9 Å². The van der Waals surface area contributed by atoms with Crippen molar-refractivity contribution in [3.63, 3.8) is 0 Å². The molecule has 112 valence electrons. The maximum absolute atomic E-state index is 12.5. The molecular weight excluding hydrogens is 272 g/mol. The molecule has 0 aliphatic carbocycles. The number of carbonyl (C=O) groups excluding carboxylic acids is 1. The topological polar surface area (TPSA) is 99.9 Å². The Kier molecular flexibility index (Phi) is 3.70. The second-order valence-electron chi connectivity index (χ2n) is 5.08. The molecule has 1 aliphatic rings. The number of aryl methyl sites for hydroxylation is 1. The van der Waals surface area contributed by atoms with E-state index in [9.17, 15) is 4.79 Å². The van der Waals surface area contributed by atoms with Crippen LogP contribution in [0.25, 0.3) is 0 Å². The minimum atomic E-state index is -0.128. The van der Waals surface area contributed by atoms with Crippen LogP contribution in [0.5, 0.6) is 0 Å². The summed E-state index contributed by atoms with van der Waals surface area (Å²) in [6, 6.07) is 0. The number of H-pyrrole nitrogens is 1. The molecule has 0 aromatic carbocycles. The highest BCUT2D eigenvalue weighted by molar-refractivity contribution is 5.93. The molecule has 0 spiro atoms. The van der Waals surface area contributed by atoms with E-state index in [0.29, 0.717) is 30.4 Å². The molecule has 8 heteroatoms. The lowest BCUT2D eigenvalue weighted by molar-refractivity contribution is 0.0773. The van der Waals surface area contributed by atoms with Crippen molar-refractivity contribution in [1.82, 2.24) is 30.6 Å². The molecule has 0 atom stereocenters. The fraction of sp³-hybridized carbons (Fsp3) is 0.538. The number of amides is 1. The first-order valence-corrected chi connectivity index (χ1v) is 7.02. The number of aromatic amines is 1. The van der Waals surface area contributed by atoms with Gasteiger partial charge in [-0.25, -0.2) is 0 Å². The van der Waals surface area contributed by atoms with E-state index in [0.717, 1.165) is 30.8 Å². The van der Waals surface area contributed by atoms with Gasteiger partial charge in [-0.3, -0.25) is 9.89 Å². The molecule has 8 nitrogen and oxygen atoms in total. The summed E-state index contributed by atoms with van der Waals surface area (Å²) in [6.07, 6.45) is 1.49. The Bertz CT molecular complexity index is 647. The zero-order valence-electron chi connectivity index (χ0n) is 12.1. The SMILES string of the molecule is CCc1nc(CN(C)C(=O)c2n[nH]c3c2CCNC3)no1. The van der Waals surface area contributed by atoms with E-state index in [-0.39, 0.29) is 5.91 Å². The summed E-state index contributed by atoms with van der Waals surface area (Å²) in [7, 11) is 1.71. The summed E-state index contributed by atoms with van der Waals surface area (Å²) in [4.78, 5) is 18.3. The Morgan fingerprint density at radius 1 is 1.48 bits per heavy atom. The predicted octanol–water partition coefficient (Wildman–Crippen LogP) is 0.273. The smallest absolute Gasteiger partial charge is 0.274 e. The van der Waals surface area contributed by atoms with E-state index in [2.05, 4.69) is 25.7 Å². The van der Waals surface area contributed by atoms with Crippen molar-refractivity contribution in [2.75, 3.05) is 13.6 Å². The van der Waals surface area contributed by atoms with Crippen LogP contribution >= 0.6 is 0 Å². The van der Waals surface area contributed by atoms with Crippen molar-refractivity contribution in [3.8, 4) is 0 Å². The molecule has 1 aliphatic heterocycles. The third-order valence-corrected chi connectivity index (χ3v) is 3.55. The number of rotatable bonds is 4. The number of nitrogens with zero attached hydrogens (tertiary/aromatic N) is 4. The standard InChI is InChI=1S/C13H18N6O2/c1-3-11-15-10(18-21-11)7-19(2)13(20)12-8-4-5-14-6-9(8)16-17-12/h14H,3-7H2,1-2H3,(H,16,17). The van der Waals surface area contributed by atoms with E-state index in [4.69, 9.17) is 4.52 Å². The summed E-state index contributed by atoms with van der Waals surface area (Å²) < 4.78 is 5.05. The van der Waals surface area contributed by atoms with Crippen molar-refractivity contribution >= 4 is 5.91 Å². The third kappa shape index (κ3) is 2.66. The molecule has 3 heterocycles. The maximum Gasteiger partial charge on any atom is 0.274 e. The van der Waals surface area contributed by atoms with Crippen LogP contribution in [-0.2, 0) is 25.9 Å². The van der Waals surface area contributed by atoms with E-state index in [1.165, 1.54) is 0 Å². The summed E-state index contributed by atoms with van der Waals surface area (Å²) >= 11 is 0. The van der Waals surface area contributed by atoms with Gasteiger partial charge in [0.1, 0.15) is 0 Å². The van der Waals surface area contributed by atoms with Gasteiger partial charge in [-0.15, -0.1) is 0 Å². The van der Waals surface area contributed by atoms with Crippen LogP contribution in [0.3, 0.4) is 0 Å². The lowest BCUT2D eigenvalue weighted by atomic mass is 10.1. The minimum absolute atomic E-state index is 0.128. The van der Waals surface area contributed by atoms with Crippen LogP contribution < -0.4 is 5.32 Å². The van der Waals surface area contributed by atoms with Gasteiger partial charge in [0.25, 0.3) is 5.91 Å². The van der Waals surface area contributed by atoms with Crippen molar-refractivity contribution in [2.24, 2.45) is 0 Å². The van der Waals surface area contributed by atoms with Crippen LogP contribution in [0.15, 0.2) is 4.52 Å². The Morgan fingerprint density at radius 2 is 2.33 bits per heavy atom. The van der Waals surface area contributed by atoms with E-state index < -0.39 is 0 Å². The number of aromatic nitrogens is 4. The average molecular weight is 290 g/mol. The lowest BCUT2D eigenvalue weighted by Gasteiger charge is -2.16. The third-order valence-electron chi connectivity index (χ3n) is 3.55. The molecule has 0 saturated carbocycles. The molecule has 0 unspecified atom stereocenters. The van der Waals surface area contributed by atoms with Crippen LogP contribution in [0, 0.1) is 0 Å². The molecule has 0 saturated heterocycles. The number of hydrogen-bond acceptors (Lipinski definition) is 6. The normalized spacial score (nSPS) is 14.0. The van der Waals surface area contributed by atoms with Crippen molar-refractivity contribution in [3.05, 3.63) is 28.7 Å². The Labute approximate surface area is 121 Å². The molecule has 2 aromatic rings. The maximum atomic E-state index is 12.5. The second kappa shape index (κ2) is 5.65. The molecule has 21 heavy (non-hydrogen) atoms. The zero-order chi connectivity index (χ0) is 14.8. The van der Waals surface area contributed by atoms with Crippen LogP contribution in [-0.4, -0.2) is 44.7 Å². The minimum Gasteiger partial charge on any atom is -0.339 e. The van der Waals surface area contributed by atoms with Gasteiger partial charge in [0.15, 0.2) is 11.5 Å². The summed E-state index contributed by atoms with van der Waals surface area (Å²) in [5, 5.41) is 14.2. The lowest BCUT2D eigenvalue weighted by Crippen LogP contribution is -2.29. The van der Waals surface area contributed by atoms with Crippen molar-refractivity contribution < 1.29 is 9.32 Å². The molecule has 0 radical (unpaired) electrons. The van der Waals surface area contributed by atoms with Gasteiger partial charge in [0.2, 0.25) is 5.89 Å². The number of nitrogens with one attached hydrogen (secondary N) is 2. The van der Waals surface area contributed by atoms with E-state index in [1.54, 1.807) is 11.9 Å². The quantitative estimate of drug-likeness (QED) is 0.838. The van der Waals surface area contributed by atoms with Crippen LogP contribution in [0.4, 0.5) is 0 Å². The Balaban J connectivity index is 1.73. The molecule has 0 fully saturated rings. The fourth-order valence-corrected chi connectivity index (χ4v) is 2.38. The first-order chi connectivity index (χ1) is 10.2. The highest BCUT2D eigenvalue weighted by atomic mass is 16.5. The predicted molar refractivity (Wildman–Crippen MR) is 73.5 cm³/mol. The van der Waals surface area contributed by atoms with Crippen molar-refractivity contribution in [1.29, 1.82) is 0 Å². The average Bonchev–Trinajstić information content (AvgIpc) is 3.12. The number of carbonyl (C=O) groups is 1. The van der Waals surface area contributed by atoms with Crippen LogP contribution in [0.2, 0.25) is 0 Å². The first-order valence-electron chi connectivity index (χ1n) is 7.02.